The lowest BCUT2D eigenvalue weighted by Crippen LogP contribution is -2.52. The standard InChI is InChI=1S/C28H43N5O6.C5H12O.C5H12/c1-27(2,3)26-30-16-22(24(31-26)29-8-5-11-37-4)23(35)15-20-14-21(18-32(17-20)19-34)25(36)33-9-6-28(7-10-33)38-12-13-39-28;1-5(2,3)6-4;1-4-5(2)3/h16,19-21H,5-15,17-18H2,1-4H3,(H,29,30,31);1-4H3;5H,4H2,1-3H3. The Kier molecular flexibility index (Phi) is 17.7. The smallest absolute Gasteiger partial charge is 0.227 e. The van der Waals surface area contributed by atoms with Crippen LogP contribution in [0.3, 0.4) is 0 Å². The van der Waals surface area contributed by atoms with Crippen molar-refractivity contribution in [1.29, 1.82) is 0 Å². The van der Waals surface area contributed by atoms with E-state index in [-0.39, 0.29) is 41.0 Å². The summed E-state index contributed by atoms with van der Waals surface area (Å²) in [6.45, 7) is 23.1. The number of amides is 2. The first kappa shape index (κ1) is 43.5. The third kappa shape index (κ3) is 14.5. The highest BCUT2D eigenvalue weighted by molar-refractivity contribution is 6.00. The number of carbonyl (C=O) groups is 3. The first-order chi connectivity index (χ1) is 23.5. The minimum absolute atomic E-state index is 0.0326. The lowest BCUT2D eigenvalue weighted by Gasteiger charge is -2.41. The minimum atomic E-state index is -0.549. The normalized spacial score (nSPS) is 20.5. The lowest BCUT2D eigenvalue weighted by atomic mass is 9.84. The highest BCUT2D eigenvalue weighted by atomic mass is 16.7. The summed E-state index contributed by atoms with van der Waals surface area (Å²) in [5.41, 5.74) is 0.209. The average molecular weight is 706 g/mol. The fraction of sp³-hybridized carbons (Fsp3) is 0.816. The van der Waals surface area contributed by atoms with Gasteiger partial charge < -0.3 is 34.1 Å². The zero-order valence-electron chi connectivity index (χ0n) is 32.9. The minimum Gasteiger partial charge on any atom is -0.385 e. The molecular formula is C38H67N5O7. The number of likely N-dealkylation sites (tertiary alicyclic amines) is 2. The largest absolute Gasteiger partial charge is 0.385 e. The molecule has 4 heterocycles. The van der Waals surface area contributed by atoms with Crippen LogP contribution in [0.4, 0.5) is 5.82 Å². The van der Waals surface area contributed by atoms with E-state index in [2.05, 4.69) is 36.1 Å². The van der Waals surface area contributed by atoms with E-state index < -0.39 is 5.79 Å². The number of nitrogens with one attached hydrogen (secondary N) is 1. The topological polar surface area (TPSA) is 132 Å². The van der Waals surface area contributed by atoms with Crippen LogP contribution < -0.4 is 5.32 Å². The van der Waals surface area contributed by atoms with Crippen LogP contribution in [0, 0.1) is 17.8 Å². The van der Waals surface area contributed by atoms with Crippen molar-refractivity contribution in [2.45, 2.75) is 118 Å². The van der Waals surface area contributed by atoms with Gasteiger partial charge in [0.15, 0.2) is 11.6 Å². The van der Waals surface area contributed by atoms with Crippen molar-refractivity contribution in [2.24, 2.45) is 17.8 Å². The fourth-order valence-corrected chi connectivity index (χ4v) is 5.64. The number of hydrogen-bond acceptors (Lipinski definition) is 10. The van der Waals surface area contributed by atoms with Crippen LogP contribution in [0.2, 0.25) is 0 Å². The van der Waals surface area contributed by atoms with E-state index in [1.165, 1.54) is 6.42 Å². The molecule has 1 aromatic rings. The molecule has 2 amide bonds. The predicted octanol–water partition coefficient (Wildman–Crippen LogP) is 5.74. The van der Waals surface area contributed by atoms with Gasteiger partial charge in [-0.05, 0) is 45.4 Å². The molecule has 4 rings (SSSR count). The monoisotopic (exact) mass is 706 g/mol. The summed E-state index contributed by atoms with van der Waals surface area (Å²) in [6.07, 6.45) is 6.53. The van der Waals surface area contributed by atoms with Crippen molar-refractivity contribution in [2.75, 3.05) is 72.1 Å². The molecule has 2 atom stereocenters. The SMILES string of the molecule is CCC(C)C.COC(C)(C)C.COCCCNc1nc(C(C)(C)C)ncc1C(=O)CC1CC(C(=O)N2CCC3(CC2)OCCO3)CN(C=O)C1. The second-order valence-corrected chi connectivity index (χ2v) is 16.0. The summed E-state index contributed by atoms with van der Waals surface area (Å²) in [6, 6.07) is 0. The Labute approximate surface area is 301 Å². The number of hydrogen-bond donors (Lipinski definition) is 1. The number of nitrogens with zero attached hydrogens (tertiary/aromatic N) is 4. The van der Waals surface area contributed by atoms with Gasteiger partial charge in [0.2, 0.25) is 12.3 Å². The van der Waals surface area contributed by atoms with Crippen LogP contribution in [0.1, 0.15) is 117 Å². The van der Waals surface area contributed by atoms with Gasteiger partial charge in [-0.2, -0.15) is 0 Å². The number of piperidine rings is 2. The molecule has 0 bridgehead atoms. The van der Waals surface area contributed by atoms with Crippen LogP contribution >= 0.6 is 0 Å². The first-order valence-electron chi connectivity index (χ1n) is 18.4. The molecule has 3 aliphatic rings. The molecule has 286 valence electrons. The quantitative estimate of drug-likeness (QED) is 0.173. The molecule has 1 aromatic heterocycles. The molecule has 1 spiro atoms. The molecule has 2 unspecified atom stereocenters. The van der Waals surface area contributed by atoms with Gasteiger partial charge in [0.25, 0.3) is 0 Å². The lowest BCUT2D eigenvalue weighted by molar-refractivity contribution is -0.188. The number of rotatable bonds is 11. The van der Waals surface area contributed by atoms with Crippen LogP contribution in [-0.2, 0) is 34.0 Å². The van der Waals surface area contributed by atoms with Crippen molar-refractivity contribution in [3.05, 3.63) is 17.6 Å². The number of carbonyl (C=O) groups excluding carboxylic acids is 3. The number of aromatic nitrogens is 2. The van der Waals surface area contributed by atoms with E-state index in [0.29, 0.717) is 89.0 Å². The van der Waals surface area contributed by atoms with E-state index in [4.69, 9.17) is 18.9 Å². The number of ketones is 1. The number of anilines is 1. The highest BCUT2D eigenvalue weighted by Crippen LogP contribution is 2.34. The molecule has 1 N–H and O–H groups in total. The summed E-state index contributed by atoms with van der Waals surface area (Å²) >= 11 is 0. The van der Waals surface area contributed by atoms with Crippen LogP contribution in [0.15, 0.2) is 6.20 Å². The van der Waals surface area contributed by atoms with E-state index in [1.807, 2.05) is 46.4 Å². The molecule has 0 radical (unpaired) electrons. The Balaban J connectivity index is 0.000000684. The van der Waals surface area contributed by atoms with Gasteiger partial charge in [-0.3, -0.25) is 14.4 Å². The van der Waals surface area contributed by atoms with Crippen LogP contribution in [0.25, 0.3) is 0 Å². The highest BCUT2D eigenvalue weighted by Gasteiger charge is 2.43. The van der Waals surface area contributed by atoms with Crippen molar-refractivity contribution in [3.63, 3.8) is 0 Å². The Hall–Kier alpha value is -2.67. The van der Waals surface area contributed by atoms with Crippen LogP contribution in [0.5, 0.6) is 0 Å². The van der Waals surface area contributed by atoms with Crippen molar-refractivity contribution in [3.8, 4) is 0 Å². The summed E-state index contributed by atoms with van der Waals surface area (Å²) < 4.78 is 21.7. The third-order valence-electron chi connectivity index (χ3n) is 9.19. The molecule has 12 nitrogen and oxygen atoms in total. The Bertz CT molecular complexity index is 1180. The number of Topliss-reactive ketones (excluding diaryl/α,β-unsaturated/α-hetero) is 1. The predicted molar refractivity (Wildman–Crippen MR) is 196 cm³/mol. The molecule has 12 heteroatoms. The fourth-order valence-electron chi connectivity index (χ4n) is 5.64. The summed E-state index contributed by atoms with van der Waals surface area (Å²) in [4.78, 5) is 51.4. The molecule has 3 aliphatic heterocycles. The second kappa shape index (κ2) is 20.4. The maximum absolute atomic E-state index is 13.5. The molecule has 3 saturated heterocycles. The second-order valence-electron chi connectivity index (χ2n) is 16.0. The average Bonchev–Trinajstić information content (AvgIpc) is 3.53. The number of ether oxygens (including phenoxy) is 4. The van der Waals surface area contributed by atoms with E-state index in [1.54, 1.807) is 25.3 Å². The van der Waals surface area contributed by atoms with Crippen LogP contribution in [-0.4, -0.2) is 116 Å². The Morgan fingerprint density at radius 2 is 1.68 bits per heavy atom. The maximum Gasteiger partial charge on any atom is 0.227 e. The molecule has 0 saturated carbocycles. The molecule has 0 aromatic carbocycles. The summed E-state index contributed by atoms with van der Waals surface area (Å²) in [7, 11) is 3.36. The van der Waals surface area contributed by atoms with Gasteiger partial charge in [0.05, 0.1) is 30.3 Å². The van der Waals surface area contributed by atoms with Gasteiger partial charge >= 0.3 is 0 Å². The maximum atomic E-state index is 13.5. The van der Waals surface area contributed by atoms with Gasteiger partial charge in [-0.25, -0.2) is 9.97 Å². The van der Waals surface area contributed by atoms with E-state index in [0.717, 1.165) is 18.7 Å². The third-order valence-corrected chi connectivity index (χ3v) is 9.19. The van der Waals surface area contributed by atoms with E-state index in [9.17, 15) is 14.4 Å². The molecular weight excluding hydrogens is 638 g/mol. The Morgan fingerprint density at radius 1 is 1.08 bits per heavy atom. The van der Waals surface area contributed by atoms with Gasteiger partial charge in [-0.15, -0.1) is 0 Å². The number of methoxy groups -OCH3 is 2. The van der Waals surface area contributed by atoms with Crippen molar-refractivity contribution in [1.82, 2.24) is 19.8 Å². The summed E-state index contributed by atoms with van der Waals surface area (Å²) in [5.74, 6) is 0.974. The van der Waals surface area contributed by atoms with E-state index >= 15 is 0 Å². The van der Waals surface area contributed by atoms with Gasteiger partial charge in [0.1, 0.15) is 11.6 Å². The summed E-state index contributed by atoms with van der Waals surface area (Å²) in [5, 5.41) is 3.29. The zero-order valence-corrected chi connectivity index (χ0v) is 32.9. The Morgan fingerprint density at radius 3 is 2.18 bits per heavy atom. The molecule has 0 aliphatic carbocycles. The first-order valence-corrected chi connectivity index (χ1v) is 18.4. The van der Waals surface area contributed by atoms with Crippen molar-refractivity contribution < 1.29 is 33.3 Å². The zero-order chi connectivity index (χ0) is 37.5. The van der Waals surface area contributed by atoms with Gasteiger partial charge in [-0.1, -0.05) is 48.0 Å². The molecule has 50 heavy (non-hydrogen) atoms. The molecule has 3 fully saturated rings. The van der Waals surface area contributed by atoms with Gasteiger partial charge in [0, 0.05) is 84.4 Å². The van der Waals surface area contributed by atoms with Crippen molar-refractivity contribution >= 4 is 23.9 Å².